The molecule has 0 spiro atoms. The third-order valence-electron chi connectivity index (χ3n) is 4.27. The molecule has 2 aliphatic rings. The van der Waals surface area contributed by atoms with Crippen molar-refractivity contribution in [2.45, 2.75) is 18.9 Å². The molecule has 1 amide bonds. The highest BCUT2D eigenvalue weighted by Gasteiger charge is 2.23. The molecule has 0 aliphatic carbocycles. The van der Waals surface area contributed by atoms with Crippen molar-refractivity contribution in [2.75, 3.05) is 39.3 Å². The highest BCUT2D eigenvalue weighted by Crippen LogP contribution is 2.14. The maximum Gasteiger partial charge on any atom is 0.246 e. The number of amides is 1. The zero-order valence-electron chi connectivity index (χ0n) is 12.9. The first kappa shape index (κ1) is 15.2. The Bertz CT molecular complexity index is 504. The molecule has 1 aromatic heterocycles. The molecule has 1 unspecified atom stereocenters. The van der Waals surface area contributed by atoms with E-state index in [9.17, 15) is 4.79 Å². The van der Waals surface area contributed by atoms with Gasteiger partial charge in [0.2, 0.25) is 5.91 Å². The van der Waals surface area contributed by atoms with Gasteiger partial charge in [0.15, 0.2) is 0 Å². The minimum atomic E-state index is 0.0839. The van der Waals surface area contributed by atoms with E-state index in [1.54, 1.807) is 18.5 Å². The van der Waals surface area contributed by atoms with E-state index in [2.05, 4.69) is 9.88 Å². The third-order valence-corrected chi connectivity index (χ3v) is 4.27. The number of piperazine rings is 1. The Balaban J connectivity index is 1.44. The lowest BCUT2D eigenvalue weighted by Crippen LogP contribution is -2.50. The number of aromatic nitrogens is 1. The smallest absolute Gasteiger partial charge is 0.246 e. The zero-order chi connectivity index (χ0) is 15.2. The van der Waals surface area contributed by atoms with Crippen LogP contribution in [0.5, 0.6) is 0 Å². The molecule has 3 rings (SSSR count). The molecule has 2 saturated heterocycles. The Morgan fingerprint density at radius 1 is 1.36 bits per heavy atom. The van der Waals surface area contributed by atoms with E-state index in [1.165, 1.54) is 12.8 Å². The lowest BCUT2D eigenvalue weighted by molar-refractivity contribution is -0.127. The van der Waals surface area contributed by atoms with Gasteiger partial charge in [-0.2, -0.15) is 0 Å². The summed E-state index contributed by atoms with van der Waals surface area (Å²) in [5.41, 5.74) is 0.952. The van der Waals surface area contributed by atoms with E-state index in [-0.39, 0.29) is 5.91 Å². The number of carbonyl (C=O) groups excluding carboxylic acids is 1. The van der Waals surface area contributed by atoms with Crippen molar-refractivity contribution >= 4 is 12.0 Å². The summed E-state index contributed by atoms with van der Waals surface area (Å²) in [6.45, 7) is 5.38. The van der Waals surface area contributed by atoms with Crippen molar-refractivity contribution < 1.29 is 9.53 Å². The van der Waals surface area contributed by atoms with Gasteiger partial charge in [0.25, 0.3) is 0 Å². The summed E-state index contributed by atoms with van der Waals surface area (Å²) < 4.78 is 5.68. The fourth-order valence-electron chi connectivity index (χ4n) is 2.97. The highest BCUT2D eigenvalue weighted by molar-refractivity contribution is 5.91. The van der Waals surface area contributed by atoms with Crippen LogP contribution in [0.4, 0.5) is 0 Å². The number of carbonyl (C=O) groups is 1. The van der Waals surface area contributed by atoms with Gasteiger partial charge in [-0.25, -0.2) is 0 Å². The van der Waals surface area contributed by atoms with Crippen LogP contribution in [0.2, 0.25) is 0 Å². The molecule has 0 saturated carbocycles. The molecule has 1 atom stereocenters. The summed E-state index contributed by atoms with van der Waals surface area (Å²) in [5, 5.41) is 0. The molecule has 0 aromatic carbocycles. The molecule has 2 fully saturated rings. The van der Waals surface area contributed by atoms with E-state index in [4.69, 9.17) is 4.74 Å². The van der Waals surface area contributed by atoms with Crippen molar-refractivity contribution in [3.05, 3.63) is 36.2 Å². The van der Waals surface area contributed by atoms with Gasteiger partial charge in [-0.05, 0) is 30.5 Å². The maximum absolute atomic E-state index is 12.2. The fraction of sp³-hybridized carbons (Fsp3) is 0.529. The quantitative estimate of drug-likeness (QED) is 0.789. The molecule has 5 nitrogen and oxygen atoms in total. The normalized spacial score (nSPS) is 23.3. The van der Waals surface area contributed by atoms with Gasteiger partial charge in [-0.3, -0.25) is 14.7 Å². The topological polar surface area (TPSA) is 45.7 Å². The van der Waals surface area contributed by atoms with Crippen LogP contribution in [0.15, 0.2) is 30.6 Å². The van der Waals surface area contributed by atoms with Crippen molar-refractivity contribution in [1.82, 2.24) is 14.8 Å². The summed E-state index contributed by atoms with van der Waals surface area (Å²) in [4.78, 5) is 20.6. The molecule has 118 valence electrons. The van der Waals surface area contributed by atoms with Crippen LogP contribution in [-0.4, -0.2) is 66.1 Å². The number of rotatable bonds is 4. The standard InChI is InChI=1S/C17H23N3O2/c21-17(6-5-15-3-1-7-18-13-15)20-10-8-19(9-11-20)14-16-4-2-12-22-16/h1,3,5-7,13,16H,2,4,8-12,14H2/b6-5+. The summed E-state index contributed by atoms with van der Waals surface area (Å²) in [6.07, 6.45) is 9.71. The first-order valence-electron chi connectivity index (χ1n) is 8.02. The van der Waals surface area contributed by atoms with E-state index in [1.807, 2.05) is 23.1 Å². The van der Waals surface area contributed by atoms with Crippen LogP contribution in [0.1, 0.15) is 18.4 Å². The van der Waals surface area contributed by atoms with E-state index in [0.29, 0.717) is 6.10 Å². The second-order valence-corrected chi connectivity index (χ2v) is 5.88. The molecule has 0 radical (unpaired) electrons. The van der Waals surface area contributed by atoms with Gasteiger partial charge in [0.1, 0.15) is 0 Å². The number of hydrogen-bond acceptors (Lipinski definition) is 4. The number of ether oxygens (including phenoxy) is 1. The lowest BCUT2D eigenvalue weighted by Gasteiger charge is -2.35. The lowest BCUT2D eigenvalue weighted by atomic mass is 10.2. The van der Waals surface area contributed by atoms with E-state index >= 15 is 0 Å². The molecule has 0 bridgehead atoms. The second-order valence-electron chi connectivity index (χ2n) is 5.88. The van der Waals surface area contributed by atoms with Gasteiger partial charge >= 0.3 is 0 Å². The third kappa shape index (κ3) is 4.15. The average molecular weight is 301 g/mol. The molecule has 2 aliphatic heterocycles. The van der Waals surface area contributed by atoms with Gasteiger partial charge < -0.3 is 9.64 Å². The Kier molecular flexibility index (Phi) is 5.19. The Morgan fingerprint density at radius 3 is 2.91 bits per heavy atom. The number of pyridine rings is 1. The van der Waals surface area contributed by atoms with Crippen LogP contribution in [0.3, 0.4) is 0 Å². The molecular formula is C17H23N3O2. The minimum absolute atomic E-state index is 0.0839. The van der Waals surface area contributed by atoms with E-state index in [0.717, 1.165) is 44.9 Å². The summed E-state index contributed by atoms with van der Waals surface area (Å²) >= 11 is 0. The summed E-state index contributed by atoms with van der Waals surface area (Å²) in [7, 11) is 0. The monoisotopic (exact) mass is 301 g/mol. The van der Waals surface area contributed by atoms with Crippen LogP contribution in [0.25, 0.3) is 6.08 Å². The SMILES string of the molecule is O=C(/C=C/c1cccnc1)N1CCN(CC2CCCO2)CC1. The van der Waals surface area contributed by atoms with Crippen LogP contribution in [0, 0.1) is 0 Å². The maximum atomic E-state index is 12.2. The van der Waals surface area contributed by atoms with Gasteiger partial charge in [-0.1, -0.05) is 6.07 Å². The van der Waals surface area contributed by atoms with Gasteiger partial charge in [-0.15, -0.1) is 0 Å². The van der Waals surface area contributed by atoms with Crippen molar-refractivity contribution in [3.8, 4) is 0 Å². The molecule has 5 heteroatoms. The van der Waals surface area contributed by atoms with Crippen LogP contribution < -0.4 is 0 Å². The Labute approximate surface area is 131 Å². The average Bonchev–Trinajstić information content (AvgIpc) is 3.07. The molecule has 0 N–H and O–H groups in total. The predicted octanol–water partition coefficient (Wildman–Crippen LogP) is 1.42. The van der Waals surface area contributed by atoms with Crippen LogP contribution >= 0.6 is 0 Å². The first-order valence-corrected chi connectivity index (χ1v) is 8.02. The molecule has 3 heterocycles. The Hall–Kier alpha value is -1.72. The number of hydrogen-bond donors (Lipinski definition) is 0. The highest BCUT2D eigenvalue weighted by atomic mass is 16.5. The van der Waals surface area contributed by atoms with Crippen molar-refractivity contribution in [3.63, 3.8) is 0 Å². The zero-order valence-corrected chi connectivity index (χ0v) is 12.9. The predicted molar refractivity (Wildman–Crippen MR) is 85.3 cm³/mol. The van der Waals surface area contributed by atoms with Crippen LogP contribution in [-0.2, 0) is 9.53 Å². The van der Waals surface area contributed by atoms with Gasteiger partial charge in [0.05, 0.1) is 6.10 Å². The van der Waals surface area contributed by atoms with Gasteiger partial charge in [0, 0.05) is 57.8 Å². The van der Waals surface area contributed by atoms with E-state index < -0.39 is 0 Å². The van der Waals surface area contributed by atoms with Crippen molar-refractivity contribution in [2.24, 2.45) is 0 Å². The minimum Gasteiger partial charge on any atom is -0.377 e. The Morgan fingerprint density at radius 2 is 2.23 bits per heavy atom. The molecular weight excluding hydrogens is 278 g/mol. The molecule has 22 heavy (non-hydrogen) atoms. The summed E-state index contributed by atoms with van der Waals surface area (Å²) in [5.74, 6) is 0.0839. The second kappa shape index (κ2) is 7.51. The number of nitrogens with zero attached hydrogens (tertiary/aromatic N) is 3. The fourth-order valence-corrected chi connectivity index (χ4v) is 2.97. The van der Waals surface area contributed by atoms with Crippen molar-refractivity contribution in [1.29, 1.82) is 0 Å². The molecule has 1 aromatic rings. The largest absolute Gasteiger partial charge is 0.377 e. The summed E-state index contributed by atoms with van der Waals surface area (Å²) in [6, 6.07) is 3.81. The first-order chi connectivity index (χ1) is 10.8.